The summed E-state index contributed by atoms with van der Waals surface area (Å²) in [7, 11) is 2.76. The van der Waals surface area contributed by atoms with E-state index in [0.29, 0.717) is 5.56 Å². The Labute approximate surface area is 137 Å². The normalized spacial score (nSPS) is 10.8. The second-order valence-electron chi connectivity index (χ2n) is 4.88. The van der Waals surface area contributed by atoms with Gasteiger partial charge in [0.15, 0.2) is 17.3 Å². The highest BCUT2D eigenvalue weighted by atomic mass is 16.5. The second kappa shape index (κ2) is 6.91. The first-order chi connectivity index (χ1) is 11.4. The largest absolute Gasteiger partial charge is 0.507 e. The second-order valence-corrected chi connectivity index (χ2v) is 4.88. The van der Waals surface area contributed by atoms with Gasteiger partial charge in [0.25, 0.3) is 0 Å². The number of ether oxygens (including phenoxy) is 2. The average molecular weight is 332 g/mol. The highest BCUT2D eigenvalue weighted by Gasteiger charge is 2.16. The molecule has 1 aromatic heterocycles. The summed E-state index contributed by atoms with van der Waals surface area (Å²) in [6.07, 6.45) is 2.50. The maximum Gasteiger partial charge on any atom is 0.351 e. The van der Waals surface area contributed by atoms with Crippen molar-refractivity contribution in [2.75, 3.05) is 14.2 Å². The molecule has 0 amide bonds. The number of hydrogen-bond donors (Lipinski definition) is 2. The number of ketones is 1. The van der Waals surface area contributed by atoms with Crippen LogP contribution in [0.15, 0.2) is 33.5 Å². The van der Waals surface area contributed by atoms with Crippen LogP contribution in [0.3, 0.4) is 0 Å². The fourth-order valence-electron chi connectivity index (χ4n) is 2.09. The molecule has 0 aliphatic rings. The molecule has 0 fully saturated rings. The summed E-state index contributed by atoms with van der Waals surface area (Å²) in [6.45, 7) is 1.49. The summed E-state index contributed by atoms with van der Waals surface area (Å²) in [4.78, 5) is 23.8. The van der Waals surface area contributed by atoms with Crippen LogP contribution in [0, 0.1) is 6.92 Å². The topological polar surface area (TPSA) is 106 Å². The molecule has 0 aliphatic heterocycles. The van der Waals surface area contributed by atoms with E-state index in [4.69, 9.17) is 13.9 Å². The van der Waals surface area contributed by atoms with Crippen LogP contribution in [0.25, 0.3) is 6.08 Å². The van der Waals surface area contributed by atoms with Gasteiger partial charge >= 0.3 is 5.63 Å². The van der Waals surface area contributed by atoms with E-state index in [1.165, 1.54) is 45.4 Å². The molecule has 7 nitrogen and oxygen atoms in total. The lowest BCUT2D eigenvalue weighted by Crippen LogP contribution is -2.12. The van der Waals surface area contributed by atoms with Gasteiger partial charge < -0.3 is 24.1 Å². The molecule has 126 valence electrons. The smallest absolute Gasteiger partial charge is 0.351 e. The number of benzene rings is 1. The lowest BCUT2D eigenvalue weighted by molar-refractivity contribution is 0.104. The molecular formula is C17H16O7. The standard InChI is InChI=1S/C17H16O7/c1-9-6-12(19)15(17(21)24-9)11(18)5-4-10-7-13(22-2)16(20)14(8-10)23-3/h4-8,19-20H,1-3H3/b5-4+. The number of methoxy groups -OCH3 is 2. The Morgan fingerprint density at radius 3 is 2.21 bits per heavy atom. The number of aryl methyl sites for hydroxylation is 1. The van der Waals surface area contributed by atoms with Gasteiger partial charge in [-0.1, -0.05) is 6.08 Å². The van der Waals surface area contributed by atoms with E-state index < -0.39 is 22.7 Å². The van der Waals surface area contributed by atoms with Crippen molar-refractivity contribution in [2.45, 2.75) is 6.92 Å². The number of rotatable bonds is 5. The first kappa shape index (κ1) is 17.1. The van der Waals surface area contributed by atoms with Crippen molar-refractivity contribution >= 4 is 11.9 Å². The highest BCUT2D eigenvalue weighted by Crippen LogP contribution is 2.37. The predicted molar refractivity (Wildman–Crippen MR) is 86.0 cm³/mol. The Hall–Kier alpha value is -3.22. The minimum atomic E-state index is -0.914. The summed E-state index contributed by atoms with van der Waals surface area (Å²) in [6, 6.07) is 4.16. The first-order valence-electron chi connectivity index (χ1n) is 6.88. The van der Waals surface area contributed by atoms with Gasteiger partial charge in [0.2, 0.25) is 5.75 Å². The van der Waals surface area contributed by atoms with Crippen LogP contribution in [-0.4, -0.2) is 30.2 Å². The zero-order valence-corrected chi connectivity index (χ0v) is 13.3. The SMILES string of the molecule is COc1cc(/C=C/C(=O)c2c(O)cc(C)oc2=O)cc(OC)c1O. The molecule has 0 radical (unpaired) electrons. The van der Waals surface area contributed by atoms with Crippen molar-refractivity contribution in [2.24, 2.45) is 0 Å². The van der Waals surface area contributed by atoms with Gasteiger partial charge in [0, 0.05) is 6.07 Å². The number of carbonyl (C=O) groups is 1. The molecule has 1 aromatic carbocycles. The minimum absolute atomic E-state index is 0.166. The van der Waals surface area contributed by atoms with Crippen LogP contribution < -0.4 is 15.1 Å². The van der Waals surface area contributed by atoms with Gasteiger partial charge in [-0.15, -0.1) is 0 Å². The molecule has 0 atom stereocenters. The Kier molecular flexibility index (Phi) is 4.93. The maximum absolute atomic E-state index is 12.1. The lowest BCUT2D eigenvalue weighted by atomic mass is 10.1. The monoisotopic (exact) mass is 332 g/mol. The molecule has 0 spiro atoms. The molecule has 24 heavy (non-hydrogen) atoms. The molecule has 0 bridgehead atoms. The average Bonchev–Trinajstić information content (AvgIpc) is 2.52. The van der Waals surface area contributed by atoms with Gasteiger partial charge in [-0.2, -0.15) is 0 Å². The molecular weight excluding hydrogens is 316 g/mol. The van der Waals surface area contributed by atoms with Gasteiger partial charge in [-0.3, -0.25) is 4.79 Å². The van der Waals surface area contributed by atoms with E-state index in [-0.39, 0.29) is 23.0 Å². The Morgan fingerprint density at radius 1 is 1.12 bits per heavy atom. The Bertz CT molecular complexity index is 837. The van der Waals surface area contributed by atoms with Crippen molar-refractivity contribution in [3.63, 3.8) is 0 Å². The third-order valence-corrected chi connectivity index (χ3v) is 3.23. The van der Waals surface area contributed by atoms with Crippen molar-refractivity contribution < 1.29 is 28.9 Å². The molecule has 2 aromatic rings. The summed E-state index contributed by atoms with van der Waals surface area (Å²) in [5, 5.41) is 19.6. The molecule has 0 unspecified atom stereocenters. The summed E-state index contributed by atoms with van der Waals surface area (Å²) >= 11 is 0. The number of aromatic hydroxyl groups is 2. The number of phenolic OH excluding ortho intramolecular Hbond substituents is 1. The van der Waals surface area contributed by atoms with E-state index >= 15 is 0 Å². The maximum atomic E-state index is 12.1. The molecule has 7 heteroatoms. The molecule has 2 rings (SSSR count). The van der Waals surface area contributed by atoms with E-state index in [9.17, 15) is 19.8 Å². The van der Waals surface area contributed by atoms with E-state index in [2.05, 4.69) is 0 Å². The zero-order chi connectivity index (χ0) is 17.9. The van der Waals surface area contributed by atoms with Crippen LogP contribution in [0.5, 0.6) is 23.0 Å². The van der Waals surface area contributed by atoms with Crippen molar-refractivity contribution in [3.05, 3.63) is 51.6 Å². The third-order valence-electron chi connectivity index (χ3n) is 3.23. The quantitative estimate of drug-likeness (QED) is 0.639. The summed E-state index contributed by atoms with van der Waals surface area (Å²) in [5.74, 6) is -0.795. The van der Waals surface area contributed by atoms with Crippen molar-refractivity contribution in [1.82, 2.24) is 0 Å². The first-order valence-corrected chi connectivity index (χ1v) is 6.88. The number of hydrogen-bond acceptors (Lipinski definition) is 7. The fourth-order valence-corrected chi connectivity index (χ4v) is 2.09. The molecule has 2 N–H and O–H groups in total. The molecule has 1 heterocycles. The minimum Gasteiger partial charge on any atom is -0.507 e. The number of allylic oxidation sites excluding steroid dienone is 1. The van der Waals surface area contributed by atoms with Crippen LogP contribution in [-0.2, 0) is 0 Å². The van der Waals surface area contributed by atoms with Crippen molar-refractivity contribution in [3.8, 4) is 23.0 Å². The van der Waals surface area contributed by atoms with E-state index in [0.717, 1.165) is 6.08 Å². The third kappa shape index (κ3) is 3.40. The van der Waals surface area contributed by atoms with Crippen LogP contribution in [0.4, 0.5) is 0 Å². The van der Waals surface area contributed by atoms with Gasteiger partial charge in [-0.05, 0) is 30.7 Å². The lowest BCUT2D eigenvalue weighted by Gasteiger charge is -2.09. The van der Waals surface area contributed by atoms with Crippen LogP contribution >= 0.6 is 0 Å². The fraction of sp³-hybridized carbons (Fsp3) is 0.176. The van der Waals surface area contributed by atoms with Gasteiger partial charge in [0.1, 0.15) is 17.1 Å². The molecule has 0 aliphatic carbocycles. The van der Waals surface area contributed by atoms with Gasteiger partial charge in [0.05, 0.1) is 14.2 Å². The molecule has 0 saturated heterocycles. The Balaban J connectivity index is 2.38. The van der Waals surface area contributed by atoms with Crippen LogP contribution in [0.1, 0.15) is 21.7 Å². The van der Waals surface area contributed by atoms with E-state index in [1.54, 1.807) is 0 Å². The van der Waals surface area contributed by atoms with Crippen molar-refractivity contribution in [1.29, 1.82) is 0 Å². The predicted octanol–water partition coefficient (Wildman–Crippen LogP) is 2.27. The Morgan fingerprint density at radius 2 is 1.71 bits per heavy atom. The number of phenols is 1. The number of carbonyl (C=O) groups excluding carboxylic acids is 1. The highest BCUT2D eigenvalue weighted by molar-refractivity contribution is 6.08. The van der Waals surface area contributed by atoms with E-state index in [1.807, 2.05) is 0 Å². The van der Waals surface area contributed by atoms with Crippen LogP contribution in [0.2, 0.25) is 0 Å². The zero-order valence-electron chi connectivity index (χ0n) is 13.3. The van der Waals surface area contributed by atoms with Gasteiger partial charge in [-0.25, -0.2) is 4.79 Å². The summed E-state index contributed by atoms with van der Waals surface area (Å²) in [5.41, 5.74) is -0.872. The summed E-state index contributed by atoms with van der Waals surface area (Å²) < 4.78 is 14.8. The molecule has 0 saturated carbocycles.